The topological polar surface area (TPSA) is 64.1 Å². The van der Waals surface area contributed by atoms with Crippen molar-refractivity contribution in [2.24, 2.45) is 0 Å². The van der Waals surface area contributed by atoms with Gasteiger partial charge in [0.15, 0.2) is 0 Å². The molecule has 0 fully saturated rings. The van der Waals surface area contributed by atoms with Gasteiger partial charge in [0.25, 0.3) is 0 Å². The fourth-order valence-electron chi connectivity index (χ4n) is 2.67. The lowest BCUT2D eigenvalue weighted by Crippen LogP contribution is -2.22. The van der Waals surface area contributed by atoms with E-state index in [-0.39, 0.29) is 6.04 Å². The monoisotopic (exact) mass is 331 g/mol. The molecule has 0 spiro atoms. The smallest absolute Gasteiger partial charge is 0.248 e. The highest BCUT2D eigenvalue weighted by Gasteiger charge is 2.21. The Morgan fingerprint density at radius 2 is 1.64 bits per heavy atom. The minimum atomic E-state index is -0.212. The highest BCUT2D eigenvalue weighted by Crippen LogP contribution is 2.24. The van der Waals surface area contributed by atoms with E-state index in [1.165, 1.54) is 0 Å². The Labute approximate surface area is 145 Å². The molecule has 4 rings (SSSR count). The summed E-state index contributed by atoms with van der Waals surface area (Å²) in [5, 5.41) is 7.56. The summed E-state index contributed by atoms with van der Waals surface area (Å²) < 4.78 is 11.0. The van der Waals surface area contributed by atoms with Gasteiger partial charge in [0.05, 0.1) is 12.8 Å². The van der Waals surface area contributed by atoms with Crippen molar-refractivity contribution in [3.05, 3.63) is 96.3 Å². The maximum absolute atomic E-state index is 5.55. The number of rotatable bonds is 6. The quantitative estimate of drug-likeness (QED) is 0.573. The first kappa shape index (κ1) is 15.4. The van der Waals surface area contributed by atoms with E-state index in [2.05, 4.69) is 15.5 Å². The second kappa shape index (κ2) is 7.15. The lowest BCUT2D eigenvalue weighted by atomic mass is 10.1. The number of furan rings is 1. The van der Waals surface area contributed by atoms with Crippen LogP contribution in [0.4, 0.5) is 0 Å². The zero-order valence-electron chi connectivity index (χ0n) is 13.5. The molecule has 0 unspecified atom stereocenters. The van der Waals surface area contributed by atoms with Gasteiger partial charge < -0.3 is 8.94 Å². The molecule has 0 aliphatic carbocycles. The minimum absolute atomic E-state index is 0.212. The van der Waals surface area contributed by atoms with Crippen molar-refractivity contribution in [1.29, 1.82) is 0 Å². The molecule has 0 saturated carbocycles. The van der Waals surface area contributed by atoms with E-state index in [4.69, 9.17) is 8.94 Å². The molecule has 0 radical (unpaired) electrons. The summed E-state index contributed by atoms with van der Waals surface area (Å²) in [5.74, 6) is 1.96. The lowest BCUT2D eigenvalue weighted by Gasteiger charge is -2.14. The third-order valence-corrected chi connectivity index (χ3v) is 3.91. The van der Waals surface area contributed by atoms with Crippen LogP contribution in [0.25, 0.3) is 11.4 Å². The van der Waals surface area contributed by atoms with Crippen LogP contribution < -0.4 is 5.32 Å². The molecule has 1 N–H and O–H groups in total. The van der Waals surface area contributed by atoms with Crippen molar-refractivity contribution in [3.63, 3.8) is 0 Å². The second-order valence-corrected chi connectivity index (χ2v) is 5.63. The Bertz CT molecular complexity index is 903. The van der Waals surface area contributed by atoms with Gasteiger partial charge in [0, 0.05) is 5.56 Å². The zero-order chi connectivity index (χ0) is 16.9. The van der Waals surface area contributed by atoms with Crippen LogP contribution in [0.3, 0.4) is 0 Å². The first-order chi connectivity index (χ1) is 12.4. The number of nitrogens with one attached hydrogen (secondary N) is 1. The first-order valence-corrected chi connectivity index (χ1v) is 8.10. The molecule has 5 heteroatoms. The average Bonchev–Trinajstić information content (AvgIpc) is 3.36. The maximum atomic E-state index is 5.55. The molecule has 2 heterocycles. The molecule has 25 heavy (non-hydrogen) atoms. The van der Waals surface area contributed by atoms with Gasteiger partial charge in [-0.15, -0.1) is 0 Å². The van der Waals surface area contributed by atoms with Crippen LogP contribution in [-0.2, 0) is 6.54 Å². The fourth-order valence-corrected chi connectivity index (χ4v) is 2.67. The van der Waals surface area contributed by atoms with Crippen LogP contribution in [-0.4, -0.2) is 10.1 Å². The van der Waals surface area contributed by atoms with Crippen molar-refractivity contribution in [2.75, 3.05) is 0 Å². The molecule has 2 aromatic heterocycles. The summed E-state index contributed by atoms with van der Waals surface area (Å²) in [4.78, 5) is 4.59. The molecule has 0 saturated heterocycles. The minimum Gasteiger partial charge on any atom is -0.468 e. The zero-order valence-corrected chi connectivity index (χ0v) is 13.5. The van der Waals surface area contributed by atoms with Crippen LogP contribution in [0.2, 0.25) is 0 Å². The Balaban J connectivity index is 1.62. The lowest BCUT2D eigenvalue weighted by molar-refractivity contribution is 0.342. The van der Waals surface area contributed by atoms with Gasteiger partial charge in [0.2, 0.25) is 11.7 Å². The average molecular weight is 331 g/mol. The summed E-state index contributed by atoms with van der Waals surface area (Å²) in [5.41, 5.74) is 1.98. The molecule has 0 aliphatic heterocycles. The van der Waals surface area contributed by atoms with Crippen LogP contribution in [0.15, 0.2) is 88.0 Å². The van der Waals surface area contributed by atoms with Crippen LogP contribution >= 0.6 is 0 Å². The molecule has 0 amide bonds. The summed E-state index contributed by atoms with van der Waals surface area (Å²) in [6.07, 6.45) is 1.66. The van der Waals surface area contributed by atoms with E-state index in [0.717, 1.165) is 16.9 Å². The van der Waals surface area contributed by atoms with Crippen molar-refractivity contribution in [1.82, 2.24) is 15.5 Å². The van der Waals surface area contributed by atoms with Crippen molar-refractivity contribution in [2.45, 2.75) is 12.6 Å². The normalized spacial score (nSPS) is 12.2. The van der Waals surface area contributed by atoms with Crippen LogP contribution in [0.1, 0.15) is 23.3 Å². The van der Waals surface area contributed by atoms with Crippen LogP contribution in [0.5, 0.6) is 0 Å². The fraction of sp³-hybridized carbons (Fsp3) is 0.100. The SMILES string of the molecule is c1ccc(-c2noc([C@H](NCc3ccco3)c3ccccc3)n2)cc1. The molecule has 0 aliphatic rings. The van der Waals surface area contributed by atoms with E-state index in [0.29, 0.717) is 18.3 Å². The van der Waals surface area contributed by atoms with E-state index < -0.39 is 0 Å². The Kier molecular flexibility index (Phi) is 4.39. The molecule has 1 atom stereocenters. The predicted octanol–water partition coefficient (Wildman–Crippen LogP) is 4.21. The summed E-state index contributed by atoms with van der Waals surface area (Å²) >= 11 is 0. The Morgan fingerprint density at radius 3 is 2.36 bits per heavy atom. The number of benzene rings is 2. The van der Waals surface area contributed by atoms with Crippen molar-refractivity contribution in [3.8, 4) is 11.4 Å². The van der Waals surface area contributed by atoms with Gasteiger partial charge in [-0.1, -0.05) is 65.8 Å². The highest BCUT2D eigenvalue weighted by atomic mass is 16.5. The second-order valence-electron chi connectivity index (χ2n) is 5.63. The molecule has 4 aromatic rings. The van der Waals surface area contributed by atoms with Gasteiger partial charge in [-0.05, 0) is 17.7 Å². The molecule has 2 aromatic carbocycles. The standard InChI is InChI=1S/C20H17N3O2/c1-3-8-15(9-4-1)18(21-14-17-12-7-13-24-17)20-22-19(23-25-20)16-10-5-2-6-11-16/h1-13,18,21H,14H2/t18-/m1/s1. The van der Waals surface area contributed by atoms with Gasteiger partial charge in [-0.3, -0.25) is 5.32 Å². The third-order valence-electron chi connectivity index (χ3n) is 3.91. The van der Waals surface area contributed by atoms with Crippen molar-refractivity contribution < 1.29 is 8.94 Å². The van der Waals surface area contributed by atoms with Crippen molar-refractivity contribution >= 4 is 0 Å². The molecule has 124 valence electrons. The largest absolute Gasteiger partial charge is 0.468 e. The van der Waals surface area contributed by atoms with Gasteiger partial charge in [0.1, 0.15) is 11.8 Å². The Morgan fingerprint density at radius 1 is 0.880 bits per heavy atom. The molecule has 5 nitrogen and oxygen atoms in total. The maximum Gasteiger partial charge on any atom is 0.248 e. The summed E-state index contributed by atoms with van der Waals surface area (Å²) in [6.45, 7) is 0.565. The van der Waals surface area contributed by atoms with E-state index in [9.17, 15) is 0 Å². The first-order valence-electron chi connectivity index (χ1n) is 8.10. The summed E-state index contributed by atoms with van der Waals surface area (Å²) in [6, 6.07) is 23.4. The molecule has 0 bridgehead atoms. The number of aromatic nitrogens is 2. The van der Waals surface area contributed by atoms with Gasteiger partial charge in [-0.2, -0.15) is 4.98 Å². The Hall–Kier alpha value is -3.18. The molecular weight excluding hydrogens is 314 g/mol. The summed E-state index contributed by atoms with van der Waals surface area (Å²) in [7, 11) is 0. The third kappa shape index (κ3) is 3.51. The van der Waals surface area contributed by atoms with Crippen LogP contribution in [0, 0.1) is 0 Å². The molecular formula is C20H17N3O2. The van der Waals surface area contributed by atoms with E-state index in [1.807, 2.05) is 72.8 Å². The number of hydrogen-bond donors (Lipinski definition) is 1. The van der Waals surface area contributed by atoms with E-state index in [1.54, 1.807) is 6.26 Å². The number of hydrogen-bond acceptors (Lipinski definition) is 5. The highest BCUT2D eigenvalue weighted by molar-refractivity contribution is 5.53. The number of nitrogens with zero attached hydrogens (tertiary/aromatic N) is 2. The van der Waals surface area contributed by atoms with E-state index >= 15 is 0 Å². The van der Waals surface area contributed by atoms with Gasteiger partial charge in [-0.25, -0.2) is 0 Å². The predicted molar refractivity (Wildman–Crippen MR) is 93.6 cm³/mol. The van der Waals surface area contributed by atoms with Gasteiger partial charge >= 0.3 is 0 Å².